The zero-order valence-corrected chi connectivity index (χ0v) is 18.2. The third-order valence-electron chi connectivity index (χ3n) is 4.50. The van der Waals surface area contributed by atoms with E-state index in [-0.39, 0.29) is 16.2 Å². The molecule has 1 heterocycles. The number of carbonyl (C=O) groups excluding carboxylic acids is 1. The summed E-state index contributed by atoms with van der Waals surface area (Å²) in [5.41, 5.74) is -0.103. The summed E-state index contributed by atoms with van der Waals surface area (Å²) in [5, 5.41) is 0. The van der Waals surface area contributed by atoms with Gasteiger partial charge in [-0.05, 0) is 83.4 Å². The molecule has 0 spiro atoms. The van der Waals surface area contributed by atoms with Crippen LogP contribution in [0.25, 0.3) is 0 Å². The molecule has 0 aliphatic carbocycles. The van der Waals surface area contributed by atoms with Crippen molar-refractivity contribution in [2.45, 2.75) is 63.6 Å². The van der Waals surface area contributed by atoms with Crippen LogP contribution >= 0.6 is 0 Å². The zero-order valence-electron chi connectivity index (χ0n) is 17.4. The molecule has 0 unspecified atom stereocenters. The standard InChI is InChI=1S/C22H27NO5S/c1-21(2,3)28-20(24)23(17-9-7-6-8-10-17)29(25,26)18-11-12-19-16(15-18)13-14-22(4,5)27-19/h6-12,15H,13-14H2,1-5H3. The monoisotopic (exact) mass is 417 g/mol. The van der Waals surface area contributed by atoms with E-state index in [1.807, 2.05) is 13.8 Å². The number of amides is 1. The van der Waals surface area contributed by atoms with Gasteiger partial charge in [0.2, 0.25) is 0 Å². The molecule has 0 saturated carbocycles. The van der Waals surface area contributed by atoms with Crippen molar-refractivity contribution >= 4 is 21.8 Å². The first kappa shape index (κ1) is 21.2. The maximum absolute atomic E-state index is 13.5. The minimum absolute atomic E-state index is 0.0225. The number of aryl methyl sites for hydroxylation is 1. The Morgan fingerprint density at radius 1 is 1.10 bits per heavy atom. The topological polar surface area (TPSA) is 72.9 Å². The van der Waals surface area contributed by atoms with Gasteiger partial charge < -0.3 is 9.47 Å². The van der Waals surface area contributed by atoms with E-state index in [1.165, 1.54) is 6.07 Å². The fourth-order valence-electron chi connectivity index (χ4n) is 3.11. The molecule has 1 aliphatic rings. The summed E-state index contributed by atoms with van der Waals surface area (Å²) in [6.07, 6.45) is 0.528. The molecule has 29 heavy (non-hydrogen) atoms. The third-order valence-corrected chi connectivity index (χ3v) is 6.19. The van der Waals surface area contributed by atoms with Gasteiger partial charge in [0.05, 0.1) is 10.6 Å². The van der Waals surface area contributed by atoms with Crippen molar-refractivity contribution in [2.24, 2.45) is 0 Å². The third kappa shape index (κ3) is 4.72. The van der Waals surface area contributed by atoms with Crippen molar-refractivity contribution in [2.75, 3.05) is 4.31 Å². The Morgan fingerprint density at radius 2 is 1.76 bits per heavy atom. The number of sulfonamides is 1. The van der Waals surface area contributed by atoms with Crippen LogP contribution in [-0.2, 0) is 21.2 Å². The molecule has 0 aromatic heterocycles. The fourth-order valence-corrected chi connectivity index (χ4v) is 4.48. The molecule has 6 nitrogen and oxygen atoms in total. The summed E-state index contributed by atoms with van der Waals surface area (Å²) in [7, 11) is -4.18. The summed E-state index contributed by atoms with van der Waals surface area (Å²) in [6, 6.07) is 12.9. The van der Waals surface area contributed by atoms with Gasteiger partial charge in [-0.15, -0.1) is 0 Å². The molecule has 156 valence electrons. The van der Waals surface area contributed by atoms with Gasteiger partial charge in [-0.2, -0.15) is 4.31 Å². The highest BCUT2D eigenvalue weighted by molar-refractivity contribution is 7.93. The Bertz CT molecular complexity index is 1010. The molecule has 0 saturated heterocycles. The van der Waals surface area contributed by atoms with E-state index < -0.39 is 21.7 Å². The second-order valence-corrected chi connectivity index (χ2v) is 10.5. The minimum Gasteiger partial charge on any atom is -0.488 e. The van der Waals surface area contributed by atoms with Crippen LogP contribution in [0.1, 0.15) is 46.6 Å². The molecule has 3 rings (SSSR count). The number of benzene rings is 2. The van der Waals surface area contributed by atoms with Crippen molar-refractivity contribution in [1.82, 2.24) is 0 Å². The molecule has 0 radical (unpaired) electrons. The molecule has 0 atom stereocenters. The first-order chi connectivity index (χ1) is 13.4. The molecule has 7 heteroatoms. The number of hydrogen-bond donors (Lipinski definition) is 0. The number of fused-ring (bicyclic) bond motifs is 1. The van der Waals surface area contributed by atoms with E-state index in [0.29, 0.717) is 16.5 Å². The highest BCUT2D eigenvalue weighted by atomic mass is 32.2. The normalized spacial score (nSPS) is 15.8. The number of anilines is 1. The highest BCUT2D eigenvalue weighted by Gasteiger charge is 2.36. The largest absolute Gasteiger partial charge is 0.488 e. The number of carbonyl (C=O) groups is 1. The van der Waals surface area contributed by atoms with Crippen LogP contribution in [0.4, 0.5) is 10.5 Å². The Labute approximate surface area is 172 Å². The molecule has 2 aromatic carbocycles. The quantitative estimate of drug-likeness (QED) is 0.709. The number of nitrogens with zero attached hydrogens (tertiary/aromatic N) is 1. The second-order valence-electron chi connectivity index (χ2n) is 8.72. The van der Waals surface area contributed by atoms with Crippen LogP contribution in [0.3, 0.4) is 0 Å². The van der Waals surface area contributed by atoms with E-state index in [0.717, 1.165) is 12.0 Å². The van der Waals surface area contributed by atoms with Crippen LogP contribution < -0.4 is 9.04 Å². The Hall–Kier alpha value is -2.54. The van der Waals surface area contributed by atoms with Crippen molar-refractivity contribution in [3.05, 3.63) is 54.1 Å². The number of para-hydroxylation sites is 1. The van der Waals surface area contributed by atoms with Gasteiger partial charge >= 0.3 is 6.09 Å². The highest BCUT2D eigenvalue weighted by Crippen LogP contribution is 2.35. The Balaban J connectivity index is 2.05. The first-order valence-electron chi connectivity index (χ1n) is 9.54. The van der Waals surface area contributed by atoms with Crippen molar-refractivity contribution in [3.8, 4) is 5.75 Å². The van der Waals surface area contributed by atoms with E-state index in [9.17, 15) is 13.2 Å². The van der Waals surface area contributed by atoms with E-state index in [4.69, 9.17) is 9.47 Å². The lowest BCUT2D eigenvalue weighted by molar-refractivity contribution is 0.0609. The molecular weight excluding hydrogens is 390 g/mol. The Morgan fingerprint density at radius 3 is 2.38 bits per heavy atom. The predicted molar refractivity (Wildman–Crippen MR) is 112 cm³/mol. The number of hydrogen-bond acceptors (Lipinski definition) is 5. The summed E-state index contributed by atoms with van der Waals surface area (Å²) < 4.78 is 39.0. The van der Waals surface area contributed by atoms with Crippen LogP contribution in [0.15, 0.2) is 53.4 Å². The smallest absolute Gasteiger partial charge is 0.429 e. The van der Waals surface area contributed by atoms with Gasteiger partial charge in [-0.25, -0.2) is 13.2 Å². The lowest BCUT2D eigenvalue weighted by atomic mass is 9.94. The maximum atomic E-state index is 13.5. The first-order valence-corrected chi connectivity index (χ1v) is 11.0. The molecule has 0 bridgehead atoms. The Kier molecular flexibility index (Phi) is 5.38. The number of ether oxygens (including phenoxy) is 2. The maximum Gasteiger partial charge on any atom is 0.429 e. The average Bonchev–Trinajstić information content (AvgIpc) is 2.59. The van der Waals surface area contributed by atoms with Crippen LogP contribution in [0.2, 0.25) is 0 Å². The van der Waals surface area contributed by atoms with Crippen LogP contribution in [0, 0.1) is 0 Å². The average molecular weight is 418 g/mol. The van der Waals surface area contributed by atoms with Crippen LogP contribution in [-0.4, -0.2) is 25.7 Å². The lowest BCUT2D eigenvalue weighted by Gasteiger charge is -2.33. The molecule has 0 fully saturated rings. The summed E-state index contributed by atoms with van der Waals surface area (Å²) in [6.45, 7) is 9.08. The van der Waals surface area contributed by atoms with E-state index >= 15 is 0 Å². The van der Waals surface area contributed by atoms with Gasteiger partial charge in [0.1, 0.15) is 17.0 Å². The van der Waals surface area contributed by atoms with Gasteiger partial charge in [0.15, 0.2) is 0 Å². The van der Waals surface area contributed by atoms with E-state index in [2.05, 4.69) is 0 Å². The van der Waals surface area contributed by atoms with Crippen LogP contribution in [0.5, 0.6) is 5.75 Å². The predicted octanol–water partition coefficient (Wildman–Crippen LogP) is 4.92. The lowest BCUT2D eigenvalue weighted by Crippen LogP contribution is -2.41. The van der Waals surface area contributed by atoms with Gasteiger partial charge in [-0.1, -0.05) is 18.2 Å². The van der Waals surface area contributed by atoms with Gasteiger partial charge in [0.25, 0.3) is 10.0 Å². The van der Waals surface area contributed by atoms with Crippen molar-refractivity contribution in [1.29, 1.82) is 0 Å². The molecule has 1 aliphatic heterocycles. The van der Waals surface area contributed by atoms with Gasteiger partial charge in [-0.3, -0.25) is 0 Å². The fraction of sp³-hybridized carbons (Fsp3) is 0.409. The van der Waals surface area contributed by atoms with E-state index in [1.54, 1.807) is 63.2 Å². The summed E-state index contributed by atoms with van der Waals surface area (Å²) >= 11 is 0. The molecule has 1 amide bonds. The SMILES string of the molecule is CC(C)(C)OC(=O)N(c1ccccc1)S(=O)(=O)c1ccc2c(c1)CCC(C)(C)O2. The van der Waals surface area contributed by atoms with Gasteiger partial charge in [0, 0.05) is 0 Å². The molecular formula is C22H27NO5S. The zero-order chi connectivity index (χ0) is 21.4. The molecule has 2 aromatic rings. The minimum atomic E-state index is -4.18. The molecule has 0 N–H and O–H groups in total. The summed E-state index contributed by atoms with van der Waals surface area (Å²) in [4.78, 5) is 12.9. The second kappa shape index (κ2) is 7.37. The summed E-state index contributed by atoms with van der Waals surface area (Å²) in [5.74, 6) is 0.670. The number of rotatable bonds is 3. The van der Waals surface area contributed by atoms with Crippen molar-refractivity contribution in [3.63, 3.8) is 0 Å². The van der Waals surface area contributed by atoms with Crippen molar-refractivity contribution < 1.29 is 22.7 Å².